The van der Waals surface area contributed by atoms with Crippen molar-refractivity contribution < 1.29 is 0 Å². The van der Waals surface area contributed by atoms with Gasteiger partial charge in [0.1, 0.15) is 17.5 Å². The molecule has 1 fully saturated rings. The molecule has 2 N–H and O–H groups in total. The van der Waals surface area contributed by atoms with E-state index < -0.39 is 0 Å². The molecule has 1 atom stereocenters. The van der Waals surface area contributed by atoms with Crippen LogP contribution in [0.1, 0.15) is 45.9 Å². The second kappa shape index (κ2) is 6.03. The van der Waals surface area contributed by atoms with E-state index in [4.69, 9.17) is 0 Å². The average Bonchev–Trinajstić information content (AvgIpc) is 3.13. The Morgan fingerprint density at radius 2 is 2.00 bits per heavy atom. The van der Waals surface area contributed by atoms with Crippen molar-refractivity contribution in [2.24, 2.45) is 5.92 Å². The van der Waals surface area contributed by atoms with Crippen LogP contribution in [0.4, 0.5) is 11.6 Å². The highest BCUT2D eigenvalue weighted by Gasteiger charge is 2.28. The Balaban J connectivity index is 2.10. The van der Waals surface area contributed by atoms with Gasteiger partial charge in [0.2, 0.25) is 0 Å². The predicted molar refractivity (Wildman–Crippen MR) is 76.0 cm³/mol. The molecule has 0 radical (unpaired) electrons. The van der Waals surface area contributed by atoms with Crippen molar-refractivity contribution in [3.05, 3.63) is 11.9 Å². The lowest BCUT2D eigenvalue weighted by Gasteiger charge is -2.15. The van der Waals surface area contributed by atoms with Crippen molar-refractivity contribution in [3.63, 3.8) is 0 Å². The molecule has 1 unspecified atom stereocenters. The van der Waals surface area contributed by atoms with Crippen molar-refractivity contribution in [3.8, 4) is 0 Å². The first-order valence-corrected chi connectivity index (χ1v) is 7.11. The molecule has 2 rings (SSSR count). The van der Waals surface area contributed by atoms with Crippen LogP contribution in [0, 0.1) is 5.92 Å². The largest absolute Gasteiger partial charge is 0.370 e. The molecule has 1 aromatic rings. The molecule has 100 valence electrons. The molecule has 0 aromatic carbocycles. The molecule has 1 aliphatic carbocycles. The molecule has 0 spiro atoms. The van der Waals surface area contributed by atoms with Crippen molar-refractivity contribution in [1.82, 2.24) is 9.97 Å². The van der Waals surface area contributed by atoms with Crippen LogP contribution in [0.25, 0.3) is 0 Å². The first-order valence-electron chi connectivity index (χ1n) is 7.11. The molecule has 0 aliphatic heterocycles. The van der Waals surface area contributed by atoms with E-state index in [1.807, 2.05) is 6.07 Å². The van der Waals surface area contributed by atoms with Gasteiger partial charge in [-0.2, -0.15) is 0 Å². The van der Waals surface area contributed by atoms with Crippen LogP contribution in [0.3, 0.4) is 0 Å². The zero-order valence-electron chi connectivity index (χ0n) is 11.7. The standard InChI is InChI=1S/C14H24N4/c1-4-6-12-17-13(15-5-2)9-14(18-12)16-10(3)11-7-8-11/h9-11H,4-8H2,1-3H3,(H2,15,16,17,18). The molecule has 1 aromatic heterocycles. The minimum absolute atomic E-state index is 0.517. The van der Waals surface area contributed by atoms with Gasteiger partial charge >= 0.3 is 0 Å². The molecule has 1 saturated carbocycles. The lowest BCUT2D eigenvalue weighted by molar-refractivity contribution is 0.688. The first kappa shape index (κ1) is 13.1. The Labute approximate surface area is 110 Å². The molecule has 1 aliphatic rings. The van der Waals surface area contributed by atoms with Gasteiger partial charge in [0.05, 0.1) is 0 Å². The summed E-state index contributed by atoms with van der Waals surface area (Å²) < 4.78 is 0. The van der Waals surface area contributed by atoms with E-state index >= 15 is 0 Å². The van der Waals surface area contributed by atoms with Gasteiger partial charge in [0.25, 0.3) is 0 Å². The lowest BCUT2D eigenvalue weighted by Crippen LogP contribution is -2.19. The van der Waals surface area contributed by atoms with Crippen LogP contribution in [0.15, 0.2) is 6.07 Å². The van der Waals surface area contributed by atoms with Crippen LogP contribution in [-0.4, -0.2) is 22.6 Å². The maximum Gasteiger partial charge on any atom is 0.133 e. The number of aromatic nitrogens is 2. The van der Waals surface area contributed by atoms with Crippen molar-refractivity contribution >= 4 is 11.6 Å². The number of nitrogens with one attached hydrogen (secondary N) is 2. The summed E-state index contributed by atoms with van der Waals surface area (Å²) in [5.41, 5.74) is 0. The third kappa shape index (κ3) is 3.59. The topological polar surface area (TPSA) is 49.8 Å². The minimum Gasteiger partial charge on any atom is -0.370 e. The maximum absolute atomic E-state index is 4.59. The minimum atomic E-state index is 0.517. The van der Waals surface area contributed by atoms with E-state index in [1.165, 1.54) is 12.8 Å². The normalized spacial score (nSPS) is 16.4. The smallest absolute Gasteiger partial charge is 0.133 e. The molecule has 0 bridgehead atoms. The molecule has 1 heterocycles. The summed E-state index contributed by atoms with van der Waals surface area (Å²) in [6, 6.07) is 2.53. The summed E-state index contributed by atoms with van der Waals surface area (Å²) in [4.78, 5) is 9.11. The lowest BCUT2D eigenvalue weighted by atomic mass is 10.2. The van der Waals surface area contributed by atoms with Gasteiger partial charge in [-0.05, 0) is 39.0 Å². The molecule has 0 saturated heterocycles. The summed E-state index contributed by atoms with van der Waals surface area (Å²) in [5, 5.41) is 6.78. The van der Waals surface area contributed by atoms with Gasteiger partial charge in [-0.25, -0.2) is 9.97 Å². The van der Waals surface area contributed by atoms with Crippen LogP contribution >= 0.6 is 0 Å². The molecule has 18 heavy (non-hydrogen) atoms. The Hall–Kier alpha value is -1.32. The Kier molecular flexibility index (Phi) is 4.39. The number of hydrogen-bond acceptors (Lipinski definition) is 4. The molecular weight excluding hydrogens is 224 g/mol. The highest BCUT2D eigenvalue weighted by molar-refractivity contribution is 5.48. The SMILES string of the molecule is CCCc1nc(NCC)cc(NC(C)C2CC2)n1. The summed E-state index contributed by atoms with van der Waals surface area (Å²) in [5.74, 6) is 3.66. The number of nitrogens with zero attached hydrogens (tertiary/aromatic N) is 2. The summed E-state index contributed by atoms with van der Waals surface area (Å²) in [6.07, 6.45) is 4.71. The number of rotatable bonds is 7. The van der Waals surface area contributed by atoms with Crippen LogP contribution in [0.2, 0.25) is 0 Å². The first-order chi connectivity index (χ1) is 8.72. The van der Waals surface area contributed by atoms with Crippen LogP contribution < -0.4 is 10.6 Å². The highest BCUT2D eigenvalue weighted by Crippen LogP contribution is 2.33. The number of anilines is 2. The van der Waals surface area contributed by atoms with Gasteiger partial charge in [-0.1, -0.05) is 6.92 Å². The number of aryl methyl sites for hydroxylation is 1. The third-order valence-corrected chi connectivity index (χ3v) is 3.31. The van der Waals surface area contributed by atoms with E-state index in [1.54, 1.807) is 0 Å². The van der Waals surface area contributed by atoms with E-state index in [9.17, 15) is 0 Å². The Bertz CT molecular complexity index is 363. The predicted octanol–water partition coefficient (Wildman–Crippen LogP) is 3.07. The maximum atomic E-state index is 4.59. The van der Waals surface area contributed by atoms with E-state index in [0.717, 1.165) is 42.8 Å². The summed E-state index contributed by atoms with van der Waals surface area (Å²) in [6.45, 7) is 7.37. The third-order valence-electron chi connectivity index (χ3n) is 3.31. The fourth-order valence-corrected chi connectivity index (χ4v) is 2.13. The van der Waals surface area contributed by atoms with Crippen molar-refractivity contribution in [2.75, 3.05) is 17.2 Å². The fourth-order valence-electron chi connectivity index (χ4n) is 2.13. The monoisotopic (exact) mass is 248 g/mol. The van der Waals surface area contributed by atoms with Gasteiger partial charge in [0, 0.05) is 25.1 Å². The van der Waals surface area contributed by atoms with Crippen molar-refractivity contribution in [2.45, 2.75) is 52.5 Å². The Morgan fingerprint density at radius 3 is 2.61 bits per heavy atom. The van der Waals surface area contributed by atoms with E-state index in [2.05, 4.69) is 41.4 Å². The summed E-state index contributed by atoms with van der Waals surface area (Å²) >= 11 is 0. The Morgan fingerprint density at radius 1 is 1.28 bits per heavy atom. The van der Waals surface area contributed by atoms with Gasteiger partial charge in [0.15, 0.2) is 0 Å². The van der Waals surface area contributed by atoms with Crippen LogP contribution in [-0.2, 0) is 6.42 Å². The fraction of sp³-hybridized carbons (Fsp3) is 0.714. The average molecular weight is 248 g/mol. The van der Waals surface area contributed by atoms with Crippen molar-refractivity contribution in [1.29, 1.82) is 0 Å². The van der Waals surface area contributed by atoms with E-state index in [-0.39, 0.29) is 0 Å². The molecule has 4 nitrogen and oxygen atoms in total. The van der Waals surface area contributed by atoms with Crippen LogP contribution in [0.5, 0.6) is 0 Å². The summed E-state index contributed by atoms with van der Waals surface area (Å²) in [7, 11) is 0. The highest BCUT2D eigenvalue weighted by atomic mass is 15.1. The second-order valence-corrected chi connectivity index (χ2v) is 5.11. The molecule has 0 amide bonds. The zero-order chi connectivity index (χ0) is 13.0. The zero-order valence-corrected chi connectivity index (χ0v) is 11.7. The van der Waals surface area contributed by atoms with Gasteiger partial charge in [-0.3, -0.25) is 0 Å². The van der Waals surface area contributed by atoms with Gasteiger partial charge in [-0.15, -0.1) is 0 Å². The van der Waals surface area contributed by atoms with Gasteiger partial charge < -0.3 is 10.6 Å². The molecule has 4 heteroatoms. The number of hydrogen-bond donors (Lipinski definition) is 2. The second-order valence-electron chi connectivity index (χ2n) is 5.11. The van der Waals surface area contributed by atoms with E-state index in [0.29, 0.717) is 6.04 Å². The molecular formula is C14H24N4. The quantitative estimate of drug-likeness (QED) is 0.778.